The van der Waals surface area contributed by atoms with Gasteiger partial charge in [0.05, 0.1) is 4.90 Å². The Balaban J connectivity index is 2.51. The minimum absolute atomic E-state index is 0.0561. The first-order chi connectivity index (χ1) is 11.6. The van der Waals surface area contributed by atoms with Crippen LogP contribution in [0.2, 0.25) is 5.02 Å². The molecule has 0 bridgehead atoms. The maximum absolute atomic E-state index is 13.1. The van der Waals surface area contributed by atoms with Crippen LogP contribution in [0, 0.1) is 0 Å². The zero-order valence-electron chi connectivity index (χ0n) is 14.5. The molecule has 0 atom stereocenters. The molecule has 5 nitrogen and oxygen atoms in total. The summed E-state index contributed by atoms with van der Waals surface area (Å²) < 4.78 is 33.0. The number of aromatic amines is 1. The Morgan fingerprint density at radius 3 is 2.36 bits per heavy atom. The number of halogens is 2. The zero-order chi connectivity index (χ0) is 18.8. The second kappa shape index (κ2) is 7.61. The van der Waals surface area contributed by atoms with Crippen molar-refractivity contribution in [3.05, 3.63) is 51.7 Å². The van der Waals surface area contributed by atoms with Crippen molar-refractivity contribution in [2.75, 3.05) is 18.1 Å². The van der Waals surface area contributed by atoms with Crippen molar-refractivity contribution in [3.8, 4) is 0 Å². The van der Waals surface area contributed by atoms with E-state index in [1.54, 1.807) is 24.4 Å². The Kier molecular flexibility index (Phi) is 6.14. The number of nitrogens with one attached hydrogen (secondary N) is 1. The van der Waals surface area contributed by atoms with Crippen LogP contribution in [0.4, 0.5) is 5.69 Å². The van der Waals surface area contributed by atoms with E-state index < -0.39 is 10.0 Å². The number of anilines is 1. The summed E-state index contributed by atoms with van der Waals surface area (Å²) in [6, 6.07) is 8.44. The van der Waals surface area contributed by atoms with Crippen molar-refractivity contribution in [1.82, 2.24) is 0 Å². The third-order valence-corrected chi connectivity index (χ3v) is 6.26. The molecule has 1 aromatic heterocycles. The van der Waals surface area contributed by atoms with Crippen molar-refractivity contribution in [1.29, 1.82) is 0 Å². The average Bonchev–Trinajstić information content (AvgIpc) is 2.54. The largest absolute Gasteiger partial charge is 0.363 e. The van der Waals surface area contributed by atoms with E-state index in [-0.39, 0.29) is 17.0 Å². The van der Waals surface area contributed by atoms with Gasteiger partial charge in [-0.05, 0) is 29.2 Å². The molecule has 0 saturated carbocycles. The van der Waals surface area contributed by atoms with E-state index in [0.717, 1.165) is 9.87 Å². The van der Waals surface area contributed by atoms with E-state index in [1.165, 1.54) is 7.11 Å². The van der Waals surface area contributed by atoms with E-state index in [2.05, 4.69) is 41.7 Å². The predicted octanol–water partition coefficient (Wildman–Crippen LogP) is 4.01. The third kappa shape index (κ3) is 4.53. The third-order valence-electron chi connectivity index (χ3n) is 3.66. The molecular formula is C17H21BrClN2O3S+. The number of rotatable bonds is 5. The minimum Gasteiger partial charge on any atom is -0.363 e. The summed E-state index contributed by atoms with van der Waals surface area (Å²) in [5.41, 5.74) is 1.37. The van der Waals surface area contributed by atoms with Gasteiger partial charge in [0.1, 0.15) is 17.4 Å². The molecule has 1 aromatic carbocycles. The lowest BCUT2D eigenvalue weighted by atomic mass is 9.87. The Hall–Kier alpha value is -1.15. The van der Waals surface area contributed by atoms with Gasteiger partial charge in [-0.3, -0.25) is 0 Å². The van der Waals surface area contributed by atoms with Gasteiger partial charge in [0, 0.05) is 23.0 Å². The van der Waals surface area contributed by atoms with Gasteiger partial charge in [0.25, 0.3) is 14.6 Å². The van der Waals surface area contributed by atoms with Crippen LogP contribution in [-0.2, 0) is 20.2 Å². The van der Waals surface area contributed by atoms with Crippen LogP contribution < -0.4 is 9.29 Å². The maximum atomic E-state index is 13.1. The van der Waals surface area contributed by atoms with Gasteiger partial charge in [-0.2, -0.15) is 0 Å². The Labute approximate surface area is 162 Å². The van der Waals surface area contributed by atoms with Crippen LogP contribution in [0.15, 0.2) is 46.0 Å². The van der Waals surface area contributed by atoms with E-state index in [1.807, 2.05) is 12.1 Å². The SMILES string of the molecule is COCN(c1cc(Cl)c[nH+]c1Br)S(=O)(=O)c1ccc(C(C)(C)C)cc1. The zero-order valence-corrected chi connectivity index (χ0v) is 17.7. The molecule has 0 saturated heterocycles. The molecule has 136 valence electrons. The first-order valence-electron chi connectivity index (χ1n) is 7.56. The van der Waals surface area contributed by atoms with Crippen LogP contribution in [0.3, 0.4) is 0 Å². The fourth-order valence-electron chi connectivity index (χ4n) is 2.26. The van der Waals surface area contributed by atoms with Crippen molar-refractivity contribution in [3.63, 3.8) is 0 Å². The highest BCUT2D eigenvalue weighted by Crippen LogP contribution is 2.31. The summed E-state index contributed by atoms with van der Waals surface area (Å²) in [4.78, 5) is 3.07. The van der Waals surface area contributed by atoms with Crippen molar-refractivity contribution in [2.45, 2.75) is 31.1 Å². The second-order valence-electron chi connectivity index (χ2n) is 6.56. The second-order valence-corrected chi connectivity index (χ2v) is 9.65. The molecule has 2 rings (SSSR count). The number of hydrogen-bond donors (Lipinski definition) is 0. The molecule has 0 spiro atoms. The van der Waals surface area contributed by atoms with Crippen LogP contribution in [0.25, 0.3) is 0 Å². The first-order valence-corrected chi connectivity index (χ1v) is 10.2. The molecule has 0 radical (unpaired) electrons. The van der Waals surface area contributed by atoms with Crippen LogP contribution in [0.1, 0.15) is 26.3 Å². The summed E-state index contributed by atoms with van der Waals surface area (Å²) in [6.45, 7) is 6.09. The lowest BCUT2D eigenvalue weighted by molar-refractivity contribution is -0.391. The summed E-state index contributed by atoms with van der Waals surface area (Å²) in [5.74, 6) is 0. The quantitative estimate of drug-likeness (QED) is 0.513. The average molecular weight is 449 g/mol. The fraction of sp³-hybridized carbons (Fsp3) is 0.353. The monoisotopic (exact) mass is 447 g/mol. The summed E-state index contributed by atoms with van der Waals surface area (Å²) in [7, 11) is -2.38. The summed E-state index contributed by atoms with van der Waals surface area (Å²) in [6.07, 6.45) is 1.56. The Morgan fingerprint density at radius 1 is 1.24 bits per heavy atom. The minimum atomic E-state index is -3.82. The van der Waals surface area contributed by atoms with Gasteiger partial charge >= 0.3 is 0 Å². The number of ether oxygens (including phenoxy) is 1. The predicted molar refractivity (Wildman–Crippen MR) is 102 cm³/mol. The maximum Gasteiger partial charge on any atom is 0.270 e. The van der Waals surface area contributed by atoms with Crippen molar-refractivity contribution < 1.29 is 18.1 Å². The van der Waals surface area contributed by atoms with Gasteiger partial charge in [0.2, 0.25) is 0 Å². The van der Waals surface area contributed by atoms with Gasteiger partial charge in [-0.1, -0.05) is 44.5 Å². The Bertz CT molecular complexity index is 849. The number of methoxy groups -OCH3 is 1. The molecule has 0 aliphatic heterocycles. The lowest BCUT2D eigenvalue weighted by Gasteiger charge is -2.24. The molecular weight excluding hydrogens is 428 g/mol. The summed E-state index contributed by atoms with van der Waals surface area (Å²) >= 11 is 9.34. The van der Waals surface area contributed by atoms with E-state index in [9.17, 15) is 8.42 Å². The molecule has 1 N–H and O–H groups in total. The molecule has 0 aliphatic carbocycles. The van der Waals surface area contributed by atoms with Crippen LogP contribution in [-0.4, -0.2) is 22.3 Å². The number of H-pyrrole nitrogens is 1. The number of sulfonamides is 1. The van der Waals surface area contributed by atoms with E-state index >= 15 is 0 Å². The highest BCUT2D eigenvalue weighted by atomic mass is 79.9. The van der Waals surface area contributed by atoms with Crippen LogP contribution >= 0.6 is 27.5 Å². The molecule has 25 heavy (non-hydrogen) atoms. The van der Waals surface area contributed by atoms with Crippen molar-refractivity contribution in [2.24, 2.45) is 0 Å². The molecule has 0 unspecified atom stereocenters. The smallest absolute Gasteiger partial charge is 0.270 e. The van der Waals surface area contributed by atoms with E-state index in [4.69, 9.17) is 16.3 Å². The topological polar surface area (TPSA) is 60.8 Å². The van der Waals surface area contributed by atoms with Gasteiger partial charge < -0.3 is 4.74 Å². The summed E-state index contributed by atoms with van der Waals surface area (Å²) in [5, 5.41) is 0.387. The number of pyridine rings is 1. The normalized spacial score (nSPS) is 12.2. The van der Waals surface area contributed by atoms with Gasteiger partial charge in [-0.15, -0.1) is 0 Å². The lowest BCUT2D eigenvalue weighted by Crippen LogP contribution is -2.34. The highest BCUT2D eigenvalue weighted by molar-refractivity contribution is 9.10. The number of hydrogen-bond acceptors (Lipinski definition) is 3. The fourth-order valence-corrected chi connectivity index (χ4v) is 4.36. The molecule has 0 aliphatic rings. The highest BCUT2D eigenvalue weighted by Gasteiger charge is 2.29. The Morgan fingerprint density at radius 2 is 1.84 bits per heavy atom. The van der Waals surface area contributed by atoms with Crippen molar-refractivity contribution >= 4 is 43.2 Å². The number of nitrogens with zero attached hydrogens (tertiary/aromatic N) is 1. The molecule has 0 amide bonds. The molecule has 0 fully saturated rings. The molecule has 1 heterocycles. The standard InChI is InChI=1S/C17H20BrClN2O3S/c1-17(2,3)12-5-7-14(8-6-12)25(22,23)21(11-24-4)15-9-13(19)10-20-16(15)18/h5-10H,11H2,1-4H3/p+1. The number of benzene rings is 1. The van der Waals surface area contributed by atoms with Gasteiger partial charge in [0.15, 0.2) is 6.20 Å². The molecule has 2 aromatic rings. The van der Waals surface area contributed by atoms with Crippen LogP contribution in [0.5, 0.6) is 0 Å². The van der Waals surface area contributed by atoms with E-state index in [0.29, 0.717) is 15.3 Å². The number of aromatic nitrogens is 1. The van der Waals surface area contributed by atoms with Gasteiger partial charge in [-0.25, -0.2) is 17.7 Å². The first kappa shape index (κ1) is 20.2. The molecule has 8 heteroatoms.